The minimum Gasteiger partial charge on any atom is -0.505 e. The molecule has 3 rings (SSSR count). The number of halogens is 3. The van der Waals surface area contributed by atoms with Crippen LogP contribution in [0.25, 0.3) is 11.1 Å². The first-order chi connectivity index (χ1) is 16.8. The highest BCUT2D eigenvalue weighted by Crippen LogP contribution is 2.29. The van der Waals surface area contributed by atoms with Crippen LogP contribution in [0.3, 0.4) is 0 Å². The van der Waals surface area contributed by atoms with Crippen LogP contribution in [0.1, 0.15) is 23.6 Å². The van der Waals surface area contributed by atoms with Gasteiger partial charge in [0.2, 0.25) is 0 Å². The molecule has 4 N–H and O–H groups in total. The van der Waals surface area contributed by atoms with Crippen molar-refractivity contribution in [3.8, 4) is 22.6 Å². The highest BCUT2D eigenvalue weighted by Gasteiger charge is 2.31. The quantitative estimate of drug-likeness (QED) is 0.379. The predicted molar refractivity (Wildman–Crippen MR) is 124 cm³/mol. The van der Waals surface area contributed by atoms with Crippen LogP contribution in [0.15, 0.2) is 59.5 Å². The molecular formula is C24H22F3N3O6. The second-order valence-electron chi connectivity index (χ2n) is 7.90. The van der Waals surface area contributed by atoms with Gasteiger partial charge >= 0.3 is 18.4 Å². The van der Waals surface area contributed by atoms with Gasteiger partial charge in [0.05, 0.1) is 12.5 Å². The summed E-state index contributed by atoms with van der Waals surface area (Å²) >= 11 is 0. The summed E-state index contributed by atoms with van der Waals surface area (Å²) in [6.07, 6.45) is -3.94. The van der Waals surface area contributed by atoms with Gasteiger partial charge in [-0.05, 0) is 41.8 Å². The minimum atomic E-state index is -4.82. The fraction of sp³-hybridized carbons (Fsp3) is 0.208. The Balaban J connectivity index is 1.84. The van der Waals surface area contributed by atoms with Gasteiger partial charge in [-0.25, -0.2) is 4.79 Å². The maximum Gasteiger partial charge on any atom is 0.573 e. The van der Waals surface area contributed by atoms with E-state index < -0.39 is 47.9 Å². The topological polar surface area (TPSA) is 130 Å². The number of carbonyl (C=O) groups is 2. The first-order valence-electron chi connectivity index (χ1n) is 10.5. The smallest absolute Gasteiger partial charge is 0.505 e. The van der Waals surface area contributed by atoms with E-state index in [0.29, 0.717) is 22.3 Å². The number of nitrogens with zero attached hydrogens (tertiary/aromatic N) is 1. The highest BCUT2D eigenvalue weighted by molar-refractivity contribution is 5.91. The number of rotatable bonds is 7. The van der Waals surface area contributed by atoms with Crippen molar-refractivity contribution in [2.45, 2.75) is 25.7 Å². The molecule has 0 saturated heterocycles. The largest absolute Gasteiger partial charge is 0.573 e. The molecule has 2 amide bonds. The van der Waals surface area contributed by atoms with Crippen molar-refractivity contribution >= 4 is 17.7 Å². The summed E-state index contributed by atoms with van der Waals surface area (Å²) in [6.45, 7) is 1.54. The molecule has 3 aromatic rings. The molecule has 36 heavy (non-hydrogen) atoms. The van der Waals surface area contributed by atoms with Crippen LogP contribution in [-0.2, 0) is 11.8 Å². The molecule has 0 radical (unpaired) electrons. The van der Waals surface area contributed by atoms with E-state index in [1.165, 1.54) is 29.9 Å². The van der Waals surface area contributed by atoms with E-state index in [0.717, 1.165) is 12.1 Å². The summed E-state index contributed by atoms with van der Waals surface area (Å²) in [6, 6.07) is 9.56. The van der Waals surface area contributed by atoms with Crippen LogP contribution in [0.4, 0.5) is 23.7 Å². The van der Waals surface area contributed by atoms with E-state index in [-0.39, 0.29) is 5.69 Å². The number of carbonyl (C=O) groups excluding carboxylic acids is 1. The molecule has 12 heteroatoms. The Morgan fingerprint density at radius 3 is 2.39 bits per heavy atom. The number of anilines is 1. The number of carboxylic acid groups (broad SMARTS) is 1. The summed E-state index contributed by atoms with van der Waals surface area (Å²) < 4.78 is 42.2. The zero-order valence-electron chi connectivity index (χ0n) is 19.1. The fourth-order valence-electron chi connectivity index (χ4n) is 3.52. The Bertz CT molecular complexity index is 1340. The van der Waals surface area contributed by atoms with E-state index in [9.17, 15) is 37.8 Å². The summed E-state index contributed by atoms with van der Waals surface area (Å²) in [5.74, 6) is -2.02. The van der Waals surface area contributed by atoms with Gasteiger partial charge in [0, 0.05) is 18.8 Å². The van der Waals surface area contributed by atoms with Gasteiger partial charge in [0.15, 0.2) is 5.69 Å². The molecule has 1 atom stereocenters. The number of hydrogen-bond donors (Lipinski definition) is 4. The van der Waals surface area contributed by atoms with Crippen LogP contribution >= 0.6 is 0 Å². The van der Waals surface area contributed by atoms with Gasteiger partial charge in [-0.2, -0.15) is 0 Å². The number of aromatic nitrogens is 1. The van der Waals surface area contributed by atoms with E-state index >= 15 is 0 Å². The summed E-state index contributed by atoms with van der Waals surface area (Å²) in [4.78, 5) is 36.4. The lowest BCUT2D eigenvalue weighted by Crippen LogP contribution is -2.36. The SMILES string of the molecule is Cc1cn(C)c(=O)c(NC(=O)N[C@@H](CC(=O)O)c2cccc(-c3ccc(OC(F)(F)F)cc3)c2)c1O. The van der Waals surface area contributed by atoms with Crippen molar-refractivity contribution in [1.82, 2.24) is 9.88 Å². The maximum atomic E-state index is 12.6. The number of aliphatic carboxylic acids is 1. The molecule has 0 spiro atoms. The first kappa shape index (κ1) is 26.1. The molecular weight excluding hydrogens is 483 g/mol. The van der Waals surface area contributed by atoms with Crippen molar-refractivity contribution in [1.29, 1.82) is 0 Å². The van der Waals surface area contributed by atoms with Crippen LogP contribution in [0.2, 0.25) is 0 Å². The molecule has 0 aliphatic carbocycles. The number of urea groups is 1. The van der Waals surface area contributed by atoms with E-state index in [1.807, 2.05) is 0 Å². The Hall–Kier alpha value is -4.48. The lowest BCUT2D eigenvalue weighted by molar-refractivity contribution is -0.274. The Labute approximate surface area is 202 Å². The molecule has 0 aliphatic heterocycles. The standard InChI is InChI=1S/C24H22F3N3O6/c1-13-12-30(2)22(34)20(21(13)33)29-23(35)28-18(11-19(31)32)16-5-3-4-15(10-16)14-6-8-17(9-7-14)36-24(25,26)27/h3-10,12,18,33H,11H2,1-2H3,(H,31,32)(H2,28,29,35)/t18-/m0/s1. The number of ether oxygens (including phenoxy) is 1. The molecule has 9 nitrogen and oxygen atoms in total. The summed E-state index contributed by atoms with van der Waals surface area (Å²) in [5, 5.41) is 24.3. The molecule has 1 aromatic heterocycles. The lowest BCUT2D eigenvalue weighted by atomic mass is 9.98. The van der Waals surface area contributed by atoms with Crippen molar-refractivity contribution in [2.24, 2.45) is 7.05 Å². The van der Waals surface area contributed by atoms with Crippen molar-refractivity contribution < 1.29 is 37.7 Å². The predicted octanol–water partition coefficient (Wildman–Crippen LogP) is 4.30. The Kier molecular flexibility index (Phi) is 7.56. The zero-order chi connectivity index (χ0) is 26.6. The zero-order valence-corrected chi connectivity index (χ0v) is 19.1. The van der Waals surface area contributed by atoms with E-state index in [1.54, 1.807) is 31.2 Å². The number of carboxylic acids is 1. The number of hydrogen-bond acceptors (Lipinski definition) is 5. The monoisotopic (exact) mass is 505 g/mol. The Morgan fingerprint density at radius 2 is 1.78 bits per heavy atom. The second-order valence-corrected chi connectivity index (χ2v) is 7.90. The molecule has 2 aromatic carbocycles. The van der Waals surface area contributed by atoms with Gasteiger partial charge in [-0.1, -0.05) is 30.3 Å². The Morgan fingerprint density at radius 1 is 1.11 bits per heavy atom. The number of nitrogens with one attached hydrogen (secondary N) is 2. The second kappa shape index (κ2) is 10.4. The summed E-state index contributed by atoms with van der Waals surface area (Å²) in [5.41, 5.74) is 0.782. The third-order valence-corrected chi connectivity index (χ3v) is 5.16. The highest BCUT2D eigenvalue weighted by atomic mass is 19.4. The van der Waals surface area contributed by atoms with Gasteiger partial charge < -0.3 is 30.2 Å². The van der Waals surface area contributed by atoms with Gasteiger partial charge in [-0.15, -0.1) is 13.2 Å². The van der Waals surface area contributed by atoms with Crippen molar-refractivity contribution in [3.05, 3.63) is 76.2 Å². The number of aryl methyl sites for hydroxylation is 2. The number of aromatic hydroxyl groups is 1. The molecule has 0 aliphatic rings. The molecule has 190 valence electrons. The number of amides is 2. The third kappa shape index (κ3) is 6.56. The number of pyridine rings is 1. The molecule has 0 fully saturated rings. The molecule has 0 bridgehead atoms. The van der Waals surface area contributed by atoms with Gasteiger partial charge in [-0.3, -0.25) is 9.59 Å². The average Bonchev–Trinajstić information content (AvgIpc) is 2.79. The first-order valence-corrected chi connectivity index (χ1v) is 10.5. The average molecular weight is 505 g/mol. The van der Waals surface area contributed by atoms with E-state index in [4.69, 9.17) is 0 Å². The van der Waals surface area contributed by atoms with Crippen LogP contribution in [0.5, 0.6) is 11.5 Å². The number of alkyl halides is 3. The van der Waals surface area contributed by atoms with Crippen LogP contribution in [-0.4, -0.2) is 33.1 Å². The van der Waals surface area contributed by atoms with Crippen molar-refractivity contribution in [2.75, 3.05) is 5.32 Å². The normalized spacial score (nSPS) is 12.0. The molecule has 0 unspecified atom stereocenters. The van der Waals surface area contributed by atoms with Gasteiger partial charge in [0.1, 0.15) is 11.5 Å². The summed E-state index contributed by atoms with van der Waals surface area (Å²) in [7, 11) is 1.44. The maximum absolute atomic E-state index is 12.6. The molecule has 1 heterocycles. The van der Waals surface area contributed by atoms with Crippen molar-refractivity contribution in [3.63, 3.8) is 0 Å². The van der Waals surface area contributed by atoms with Gasteiger partial charge in [0.25, 0.3) is 5.56 Å². The van der Waals surface area contributed by atoms with Crippen LogP contribution in [0, 0.1) is 6.92 Å². The molecule has 0 saturated carbocycles. The van der Waals surface area contributed by atoms with E-state index in [2.05, 4.69) is 15.4 Å². The minimum absolute atomic E-state index is 0.342. The fourth-order valence-corrected chi connectivity index (χ4v) is 3.52. The third-order valence-electron chi connectivity index (χ3n) is 5.16. The lowest BCUT2D eigenvalue weighted by Gasteiger charge is -2.19. The number of benzene rings is 2. The van der Waals surface area contributed by atoms with Crippen LogP contribution < -0.4 is 20.9 Å².